The molecule has 0 aliphatic rings. The topological polar surface area (TPSA) is 26.6 Å². The van der Waals surface area contributed by atoms with Crippen LogP contribution in [0.5, 0.6) is 0 Å². The third-order valence-electron chi connectivity index (χ3n) is 9.13. The lowest BCUT2D eigenvalue weighted by Crippen LogP contribution is -2.31. The molecule has 0 amide bonds. The van der Waals surface area contributed by atoms with E-state index in [1.807, 2.05) is 12.4 Å². The van der Waals surface area contributed by atoms with Crippen molar-refractivity contribution in [1.82, 2.24) is 14.1 Å². The van der Waals surface area contributed by atoms with Crippen LogP contribution < -0.4 is 4.57 Å². The monoisotopic (exact) mass is 553 g/mol. The summed E-state index contributed by atoms with van der Waals surface area (Å²) in [6.45, 7) is 12.1. The van der Waals surface area contributed by atoms with Gasteiger partial charge in [0.05, 0.1) is 5.52 Å². The number of nitrogens with zero attached hydrogens (tertiary/aromatic N) is 4. The van der Waals surface area contributed by atoms with Crippen LogP contribution in [0.1, 0.15) is 42.1 Å². The fourth-order valence-corrected chi connectivity index (χ4v) is 6.44. The van der Waals surface area contributed by atoms with Crippen molar-refractivity contribution >= 4 is 43.6 Å². The standard InChI is InChI=1S/C24H26N2.C14H15N2/c1-5-6-11-26-23-10-8-7-9-20(23)22-15-25-14-21(24(22)26)19-12-16(2)18(4)17(3)13-19;1-10-14-12(8-9-15(10)2)11-6-4-5-7-13(11)16(14)3/h7-10,12-15H,5-6,11H2,1-4H3;4-9H,1-3H3/q;+1. The zero-order valence-corrected chi connectivity index (χ0v) is 26.0. The zero-order valence-electron chi connectivity index (χ0n) is 26.0. The number of aromatic nitrogens is 4. The van der Waals surface area contributed by atoms with Gasteiger partial charge in [0.15, 0.2) is 6.20 Å². The summed E-state index contributed by atoms with van der Waals surface area (Å²) in [6.07, 6.45) is 8.56. The minimum atomic E-state index is 1.04. The second-order valence-electron chi connectivity index (χ2n) is 11.7. The van der Waals surface area contributed by atoms with Gasteiger partial charge < -0.3 is 9.13 Å². The molecular weight excluding hydrogens is 512 g/mol. The lowest BCUT2D eigenvalue weighted by Gasteiger charge is -2.13. The van der Waals surface area contributed by atoms with Gasteiger partial charge in [0.25, 0.3) is 0 Å². The van der Waals surface area contributed by atoms with Crippen molar-refractivity contribution in [2.45, 2.75) is 54.0 Å². The molecule has 7 aromatic rings. The van der Waals surface area contributed by atoms with Crippen molar-refractivity contribution in [2.24, 2.45) is 14.1 Å². The maximum atomic E-state index is 4.60. The number of benzene rings is 3. The highest BCUT2D eigenvalue weighted by molar-refractivity contribution is 6.12. The summed E-state index contributed by atoms with van der Waals surface area (Å²) in [4.78, 5) is 4.60. The van der Waals surface area contributed by atoms with Crippen molar-refractivity contribution < 1.29 is 4.57 Å². The number of fused-ring (bicyclic) bond motifs is 6. The molecule has 0 fully saturated rings. The predicted molar refractivity (Wildman–Crippen MR) is 178 cm³/mol. The number of para-hydroxylation sites is 2. The smallest absolute Gasteiger partial charge is 0.202 e. The number of pyridine rings is 2. The second-order valence-corrected chi connectivity index (χ2v) is 11.7. The maximum absolute atomic E-state index is 4.60. The average molecular weight is 554 g/mol. The van der Waals surface area contributed by atoms with Crippen LogP contribution in [0.25, 0.3) is 54.7 Å². The molecule has 0 spiro atoms. The minimum absolute atomic E-state index is 1.04. The van der Waals surface area contributed by atoms with Gasteiger partial charge in [-0.2, -0.15) is 0 Å². The molecule has 4 nitrogen and oxygen atoms in total. The molecule has 0 aliphatic carbocycles. The first-order valence-electron chi connectivity index (χ1n) is 15.1. The van der Waals surface area contributed by atoms with Gasteiger partial charge in [-0.1, -0.05) is 61.9 Å². The molecule has 0 aliphatic heterocycles. The fourth-order valence-electron chi connectivity index (χ4n) is 6.44. The average Bonchev–Trinajstić information content (AvgIpc) is 3.49. The first-order valence-corrected chi connectivity index (χ1v) is 15.1. The van der Waals surface area contributed by atoms with E-state index in [2.05, 4.69) is 140 Å². The molecule has 0 atom stereocenters. The highest BCUT2D eigenvalue weighted by Crippen LogP contribution is 2.36. The largest absolute Gasteiger partial charge is 0.340 e. The third kappa shape index (κ3) is 4.56. The van der Waals surface area contributed by atoms with E-state index in [1.54, 1.807) is 0 Å². The molecule has 42 heavy (non-hydrogen) atoms. The quantitative estimate of drug-likeness (QED) is 0.200. The summed E-state index contributed by atoms with van der Waals surface area (Å²) in [5, 5.41) is 5.23. The van der Waals surface area contributed by atoms with E-state index in [0.717, 1.165) is 6.54 Å². The van der Waals surface area contributed by atoms with Gasteiger partial charge in [0.1, 0.15) is 12.6 Å². The van der Waals surface area contributed by atoms with Crippen LogP contribution in [0.3, 0.4) is 0 Å². The number of hydrogen-bond acceptors (Lipinski definition) is 1. The van der Waals surface area contributed by atoms with Crippen LogP contribution in [0.15, 0.2) is 85.3 Å². The van der Waals surface area contributed by atoms with Crippen LogP contribution in [0.2, 0.25) is 0 Å². The first kappa shape index (κ1) is 27.7. The van der Waals surface area contributed by atoms with Gasteiger partial charge in [0.2, 0.25) is 5.69 Å². The second kappa shape index (κ2) is 11.1. The van der Waals surface area contributed by atoms with Crippen molar-refractivity contribution in [1.29, 1.82) is 0 Å². The Morgan fingerprint density at radius 3 is 2.07 bits per heavy atom. The van der Waals surface area contributed by atoms with Crippen molar-refractivity contribution in [3.8, 4) is 11.1 Å². The number of rotatable bonds is 4. The van der Waals surface area contributed by atoms with Crippen molar-refractivity contribution in [2.75, 3.05) is 0 Å². The fraction of sp³-hybridized carbons (Fsp3) is 0.263. The molecule has 212 valence electrons. The molecule has 3 aromatic carbocycles. The molecule has 0 saturated carbocycles. The van der Waals surface area contributed by atoms with E-state index >= 15 is 0 Å². The zero-order chi connectivity index (χ0) is 29.5. The molecule has 0 N–H and O–H groups in total. The van der Waals surface area contributed by atoms with E-state index in [-0.39, 0.29) is 0 Å². The molecule has 4 heterocycles. The number of hydrogen-bond donors (Lipinski definition) is 0. The van der Waals surface area contributed by atoms with Gasteiger partial charge in [-0.25, -0.2) is 4.57 Å². The van der Waals surface area contributed by atoms with Gasteiger partial charge in [-0.15, -0.1) is 0 Å². The Morgan fingerprint density at radius 1 is 0.738 bits per heavy atom. The van der Waals surface area contributed by atoms with Gasteiger partial charge in [-0.05, 0) is 61.6 Å². The molecule has 0 saturated heterocycles. The van der Waals surface area contributed by atoms with Crippen LogP contribution >= 0.6 is 0 Å². The first-order chi connectivity index (χ1) is 20.3. The molecule has 0 unspecified atom stereocenters. The highest BCUT2D eigenvalue weighted by Gasteiger charge is 2.17. The van der Waals surface area contributed by atoms with E-state index in [1.165, 1.54) is 90.0 Å². The molecule has 4 aromatic heterocycles. The summed E-state index contributed by atoms with van der Waals surface area (Å²) in [5.41, 5.74) is 13.1. The Balaban J connectivity index is 0.000000168. The van der Waals surface area contributed by atoms with Crippen LogP contribution in [-0.4, -0.2) is 14.1 Å². The van der Waals surface area contributed by atoms with Crippen LogP contribution in [-0.2, 0) is 20.6 Å². The van der Waals surface area contributed by atoms with Gasteiger partial charge in [-0.3, -0.25) is 4.98 Å². The van der Waals surface area contributed by atoms with E-state index < -0.39 is 0 Å². The lowest BCUT2D eigenvalue weighted by molar-refractivity contribution is -0.676. The highest BCUT2D eigenvalue weighted by atomic mass is 15.0. The van der Waals surface area contributed by atoms with Crippen LogP contribution in [0, 0.1) is 27.7 Å². The van der Waals surface area contributed by atoms with Gasteiger partial charge in [0, 0.05) is 77.1 Å². The van der Waals surface area contributed by atoms with Crippen molar-refractivity contribution in [3.05, 3.63) is 108 Å². The Hall–Kier alpha value is -4.44. The van der Waals surface area contributed by atoms with Crippen molar-refractivity contribution in [3.63, 3.8) is 0 Å². The Bertz CT molecular complexity index is 2070. The lowest BCUT2D eigenvalue weighted by atomic mass is 9.96. The third-order valence-corrected chi connectivity index (χ3v) is 9.13. The maximum Gasteiger partial charge on any atom is 0.202 e. The molecule has 0 bridgehead atoms. The van der Waals surface area contributed by atoms with Gasteiger partial charge >= 0.3 is 0 Å². The summed E-state index contributed by atoms with van der Waals surface area (Å²) in [5.74, 6) is 0. The Kier molecular flexibility index (Phi) is 7.32. The molecule has 0 radical (unpaired) electrons. The summed E-state index contributed by atoms with van der Waals surface area (Å²) in [6, 6.07) is 24.1. The molecular formula is C38H41N4+. The van der Waals surface area contributed by atoms with E-state index in [4.69, 9.17) is 0 Å². The predicted octanol–water partition coefficient (Wildman–Crippen LogP) is 9.05. The summed E-state index contributed by atoms with van der Waals surface area (Å²) < 4.78 is 6.94. The Morgan fingerprint density at radius 2 is 1.38 bits per heavy atom. The SMILES string of the molecule is CCCCn1c2ccccc2c2cncc(-c3cc(C)c(C)c(C)c3)c21.Cc1c2c(cc[n+]1C)c1ccccc1n2C. The van der Waals surface area contributed by atoms with Crippen LogP contribution in [0.4, 0.5) is 0 Å². The van der Waals surface area contributed by atoms with E-state index in [0.29, 0.717) is 0 Å². The normalized spacial score (nSPS) is 11.5. The summed E-state index contributed by atoms with van der Waals surface area (Å²) >= 11 is 0. The number of unbranched alkanes of at least 4 members (excludes halogenated alkanes) is 1. The minimum Gasteiger partial charge on any atom is -0.340 e. The van der Waals surface area contributed by atoms with E-state index in [9.17, 15) is 0 Å². The molecule has 7 rings (SSSR count). The summed E-state index contributed by atoms with van der Waals surface area (Å²) in [7, 11) is 4.23. The number of aryl methyl sites for hydroxylation is 6. The Labute approximate surface area is 248 Å². The molecule has 4 heteroatoms.